The van der Waals surface area contributed by atoms with Crippen LogP contribution in [0.5, 0.6) is 0 Å². The molecule has 2 unspecified atom stereocenters. The van der Waals surface area contributed by atoms with Gasteiger partial charge in [0.1, 0.15) is 0 Å². The summed E-state index contributed by atoms with van der Waals surface area (Å²) < 4.78 is 0. The van der Waals surface area contributed by atoms with Crippen LogP contribution < -0.4 is 5.32 Å². The fourth-order valence-corrected chi connectivity index (χ4v) is 3.58. The number of hydrogen-bond donors (Lipinski definition) is 1. The fourth-order valence-electron chi connectivity index (χ4n) is 3.58. The smallest absolute Gasteiger partial charge is 0.193 e. The second-order valence-electron chi connectivity index (χ2n) is 7.60. The summed E-state index contributed by atoms with van der Waals surface area (Å²) in [6.07, 6.45) is 2.65. The number of nitrogens with zero attached hydrogens (tertiary/aromatic N) is 4. The minimum Gasteiger partial charge on any atom is -0.357 e. The highest BCUT2D eigenvalue weighted by Crippen LogP contribution is 2.15. The van der Waals surface area contributed by atoms with Gasteiger partial charge in [0.25, 0.3) is 0 Å². The summed E-state index contributed by atoms with van der Waals surface area (Å²) >= 11 is 0. The zero-order valence-electron chi connectivity index (χ0n) is 16.1. The predicted octanol–water partition coefficient (Wildman–Crippen LogP) is 2.19. The minimum atomic E-state index is 0. The molecule has 142 valence electrons. The first-order chi connectivity index (χ1) is 11.1. The lowest BCUT2D eigenvalue weighted by molar-refractivity contribution is 0.140. The van der Waals surface area contributed by atoms with Crippen molar-refractivity contribution in [1.29, 1.82) is 0 Å². The van der Waals surface area contributed by atoms with Gasteiger partial charge in [-0.3, -0.25) is 4.99 Å². The molecule has 2 rings (SSSR count). The highest BCUT2D eigenvalue weighted by atomic mass is 127. The summed E-state index contributed by atoms with van der Waals surface area (Å²) in [5.41, 5.74) is 0. The zero-order valence-corrected chi connectivity index (χ0v) is 18.5. The Balaban J connectivity index is 0.00000288. The first-order valence-electron chi connectivity index (χ1n) is 9.52. The van der Waals surface area contributed by atoms with Crippen LogP contribution in [0.15, 0.2) is 4.99 Å². The van der Waals surface area contributed by atoms with E-state index in [2.05, 4.69) is 47.8 Å². The maximum atomic E-state index is 4.95. The van der Waals surface area contributed by atoms with Crippen LogP contribution in [0.2, 0.25) is 0 Å². The predicted molar refractivity (Wildman–Crippen MR) is 114 cm³/mol. The van der Waals surface area contributed by atoms with E-state index in [0.29, 0.717) is 5.92 Å². The van der Waals surface area contributed by atoms with Crippen molar-refractivity contribution in [2.24, 2.45) is 16.8 Å². The van der Waals surface area contributed by atoms with Crippen molar-refractivity contribution < 1.29 is 0 Å². The van der Waals surface area contributed by atoms with Crippen molar-refractivity contribution in [2.45, 2.75) is 33.6 Å². The number of rotatable bonds is 5. The van der Waals surface area contributed by atoms with Gasteiger partial charge in [-0.1, -0.05) is 13.8 Å². The van der Waals surface area contributed by atoms with E-state index >= 15 is 0 Å². The van der Waals surface area contributed by atoms with Crippen LogP contribution >= 0.6 is 24.0 Å². The number of nitrogens with one attached hydrogen (secondary N) is 1. The van der Waals surface area contributed by atoms with Gasteiger partial charge in [-0.2, -0.15) is 0 Å². The third-order valence-electron chi connectivity index (χ3n) is 5.01. The minimum absolute atomic E-state index is 0. The number of hydrogen-bond acceptors (Lipinski definition) is 3. The summed E-state index contributed by atoms with van der Waals surface area (Å²) in [5.74, 6) is 2.54. The third-order valence-corrected chi connectivity index (χ3v) is 5.01. The Morgan fingerprint density at radius 1 is 1.21 bits per heavy atom. The largest absolute Gasteiger partial charge is 0.357 e. The fraction of sp³-hybridized carbons (Fsp3) is 0.944. The number of guanidine groups is 1. The molecule has 0 aromatic heterocycles. The zero-order chi connectivity index (χ0) is 16.7. The van der Waals surface area contributed by atoms with Gasteiger partial charge < -0.3 is 20.0 Å². The Morgan fingerprint density at radius 3 is 2.54 bits per heavy atom. The molecule has 2 saturated heterocycles. The van der Waals surface area contributed by atoms with Gasteiger partial charge in [0.2, 0.25) is 0 Å². The van der Waals surface area contributed by atoms with Gasteiger partial charge in [0.05, 0.1) is 0 Å². The molecule has 2 aliphatic heterocycles. The van der Waals surface area contributed by atoms with Crippen LogP contribution in [-0.4, -0.2) is 86.6 Å². The van der Waals surface area contributed by atoms with Gasteiger partial charge in [-0.15, -0.1) is 24.0 Å². The lowest BCUT2D eigenvalue weighted by atomic mass is 10.0. The van der Waals surface area contributed by atoms with Crippen molar-refractivity contribution in [1.82, 2.24) is 20.0 Å². The Bertz CT molecular complexity index is 368. The van der Waals surface area contributed by atoms with E-state index in [1.807, 2.05) is 0 Å². The topological polar surface area (TPSA) is 34.1 Å². The van der Waals surface area contributed by atoms with E-state index in [1.165, 1.54) is 45.6 Å². The number of likely N-dealkylation sites (tertiary alicyclic amines) is 1. The van der Waals surface area contributed by atoms with Gasteiger partial charge in [0, 0.05) is 58.9 Å². The molecular formula is C18H38IN5. The van der Waals surface area contributed by atoms with E-state index in [9.17, 15) is 0 Å². The van der Waals surface area contributed by atoms with Crippen molar-refractivity contribution >= 4 is 29.9 Å². The summed E-state index contributed by atoms with van der Waals surface area (Å²) in [6.45, 7) is 17.0. The molecule has 0 spiro atoms. The molecule has 2 atom stereocenters. The number of aliphatic imine (C=N–C) groups is 1. The summed E-state index contributed by atoms with van der Waals surface area (Å²) in [4.78, 5) is 12.4. The third kappa shape index (κ3) is 7.44. The first kappa shape index (κ1) is 22.0. The molecule has 1 N–H and O–H groups in total. The summed E-state index contributed by atoms with van der Waals surface area (Å²) in [5, 5.41) is 3.49. The van der Waals surface area contributed by atoms with Crippen molar-refractivity contribution in [2.75, 3.05) is 66.0 Å². The van der Waals surface area contributed by atoms with Crippen LogP contribution in [0.25, 0.3) is 0 Å². The van der Waals surface area contributed by atoms with Crippen molar-refractivity contribution in [3.8, 4) is 0 Å². The van der Waals surface area contributed by atoms with E-state index < -0.39 is 0 Å². The monoisotopic (exact) mass is 451 g/mol. The standard InChI is InChI=1S/C18H37N5.HI/c1-5-19-18(23-8-6-7-16(2)15-23)20-13-17(3)14-22-11-9-21(4)10-12-22;/h16-17H,5-15H2,1-4H3,(H,19,20);1H. The second kappa shape index (κ2) is 11.5. The first-order valence-corrected chi connectivity index (χ1v) is 9.52. The molecule has 0 radical (unpaired) electrons. The Labute approximate surface area is 166 Å². The number of piperazine rings is 1. The Kier molecular flexibility index (Phi) is 10.5. The molecule has 24 heavy (non-hydrogen) atoms. The molecular weight excluding hydrogens is 413 g/mol. The molecule has 2 aliphatic rings. The average molecular weight is 451 g/mol. The number of halogens is 1. The Morgan fingerprint density at radius 2 is 1.92 bits per heavy atom. The van der Waals surface area contributed by atoms with Gasteiger partial charge in [-0.05, 0) is 38.6 Å². The number of piperidine rings is 1. The van der Waals surface area contributed by atoms with Crippen molar-refractivity contribution in [3.63, 3.8) is 0 Å². The SMILES string of the molecule is CCNC(=NCC(C)CN1CCN(C)CC1)N1CCCC(C)C1.I. The molecule has 0 amide bonds. The summed E-state index contributed by atoms with van der Waals surface area (Å²) in [7, 11) is 2.22. The molecule has 0 aliphatic carbocycles. The van der Waals surface area contributed by atoms with E-state index in [0.717, 1.165) is 38.1 Å². The van der Waals surface area contributed by atoms with Crippen LogP contribution in [0.3, 0.4) is 0 Å². The molecule has 2 heterocycles. The van der Waals surface area contributed by atoms with Crippen LogP contribution in [0, 0.1) is 11.8 Å². The lowest BCUT2D eigenvalue weighted by Gasteiger charge is -2.35. The van der Waals surface area contributed by atoms with E-state index in [1.54, 1.807) is 0 Å². The maximum Gasteiger partial charge on any atom is 0.193 e. The highest BCUT2D eigenvalue weighted by molar-refractivity contribution is 14.0. The maximum absolute atomic E-state index is 4.95. The second-order valence-corrected chi connectivity index (χ2v) is 7.60. The normalized spacial score (nSPS) is 25.2. The van der Waals surface area contributed by atoms with E-state index in [4.69, 9.17) is 4.99 Å². The van der Waals surface area contributed by atoms with Crippen LogP contribution in [0.1, 0.15) is 33.6 Å². The molecule has 5 nitrogen and oxygen atoms in total. The lowest BCUT2D eigenvalue weighted by Crippen LogP contribution is -2.47. The number of likely N-dealkylation sites (N-methyl/N-ethyl adjacent to an activating group) is 1. The van der Waals surface area contributed by atoms with E-state index in [-0.39, 0.29) is 24.0 Å². The molecule has 0 saturated carbocycles. The summed E-state index contributed by atoms with van der Waals surface area (Å²) in [6, 6.07) is 0. The molecule has 0 aromatic rings. The highest BCUT2D eigenvalue weighted by Gasteiger charge is 2.20. The van der Waals surface area contributed by atoms with Crippen LogP contribution in [-0.2, 0) is 0 Å². The van der Waals surface area contributed by atoms with Gasteiger partial charge in [0.15, 0.2) is 5.96 Å². The molecule has 6 heteroatoms. The Hall–Kier alpha value is -0.0800. The van der Waals surface area contributed by atoms with Gasteiger partial charge >= 0.3 is 0 Å². The molecule has 0 bridgehead atoms. The quantitative estimate of drug-likeness (QED) is 0.395. The van der Waals surface area contributed by atoms with Crippen LogP contribution in [0.4, 0.5) is 0 Å². The molecule has 0 aromatic carbocycles. The van der Waals surface area contributed by atoms with Gasteiger partial charge in [-0.25, -0.2) is 0 Å². The molecule has 2 fully saturated rings. The average Bonchev–Trinajstić information content (AvgIpc) is 2.53. The van der Waals surface area contributed by atoms with Crippen molar-refractivity contribution in [3.05, 3.63) is 0 Å².